The Morgan fingerprint density at radius 3 is 1.62 bits per heavy atom. The summed E-state index contributed by atoms with van der Waals surface area (Å²) in [6, 6.07) is 0. The van der Waals surface area contributed by atoms with Gasteiger partial charge in [-0.15, -0.1) is 0 Å². The molecule has 0 rings (SSSR count). The SMILES string of the molecule is CCCCC(=S)OC(=S)CCCC. The van der Waals surface area contributed by atoms with E-state index in [1.54, 1.807) is 0 Å². The summed E-state index contributed by atoms with van der Waals surface area (Å²) in [4.78, 5) is 0. The first-order valence-corrected chi connectivity index (χ1v) is 5.75. The van der Waals surface area contributed by atoms with E-state index in [0.717, 1.165) is 38.5 Å². The summed E-state index contributed by atoms with van der Waals surface area (Å²) >= 11 is 10.1. The van der Waals surface area contributed by atoms with Gasteiger partial charge in [-0.2, -0.15) is 0 Å². The minimum absolute atomic E-state index is 0.656. The molecule has 0 spiro atoms. The van der Waals surface area contributed by atoms with E-state index >= 15 is 0 Å². The van der Waals surface area contributed by atoms with Gasteiger partial charge in [-0.1, -0.05) is 26.7 Å². The molecule has 0 aliphatic heterocycles. The smallest absolute Gasteiger partial charge is 0.168 e. The predicted octanol–water partition coefficient (Wildman–Crippen LogP) is 4.04. The molecule has 0 aliphatic carbocycles. The van der Waals surface area contributed by atoms with Gasteiger partial charge in [-0.3, -0.25) is 0 Å². The highest BCUT2D eigenvalue weighted by atomic mass is 32.1. The molecule has 0 fully saturated rings. The van der Waals surface area contributed by atoms with Gasteiger partial charge in [0.1, 0.15) is 0 Å². The van der Waals surface area contributed by atoms with Crippen LogP contribution in [0.2, 0.25) is 0 Å². The summed E-state index contributed by atoms with van der Waals surface area (Å²) in [6.45, 7) is 4.27. The van der Waals surface area contributed by atoms with Gasteiger partial charge >= 0.3 is 0 Å². The quantitative estimate of drug-likeness (QED) is 0.623. The lowest BCUT2D eigenvalue weighted by Gasteiger charge is -2.06. The van der Waals surface area contributed by atoms with E-state index in [0.29, 0.717) is 10.1 Å². The van der Waals surface area contributed by atoms with Crippen molar-refractivity contribution in [1.82, 2.24) is 0 Å². The number of ether oxygens (including phenoxy) is 1. The third-order valence-corrected chi connectivity index (χ3v) is 2.27. The van der Waals surface area contributed by atoms with Gasteiger partial charge in [0.05, 0.1) is 0 Å². The number of unbranched alkanes of at least 4 members (excludes halogenated alkanes) is 2. The molecule has 0 aliphatic rings. The molecule has 13 heavy (non-hydrogen) atoms. The van der Waals surface area contributed by atoms with Crippen LogP contribution >= 0.6 is 24.4 Å². The fraction of sp³-hybridized carbons (Fsp3) is 0.800. The molecule has 0 heterocycles. The highest BCUT2D eigenvalue weighted by molar-refractivity contribution is 7.81. The van der Waals surface area contributed by atoms with Crippen molar-refractivity contribution >= 4 is 34.5 Å². The Kier molecular flexibility index (Phi) is 8.56. The van der Waals surface area contributed by atoms with Crippen LogP contribution in [0.25, 0.3) is 0 Å². The minimum Gasteiger partial charge on any atom is -0.443 e. The zero-order chi connectivity index (χ0) is 10.1. The molecule has 0 aromatic carbocycles. The number of hydrogen-bond donors (Lipinski definition) is 0. The molecule has 0 radical (unpaired) electrons. The van der Waals surface area contributed by atoms with Crippen LogP contribution in [0, 0.1) is 0 Å². The summed E-state index contributed by atoms with van der Waals surface area (Å²) in [5.41, 5.74) is 0. The van der Waals surface area contributed by atoms with Crippen LogP contribution in [0.5, 0.6) is 0 Å². The molecule has 0 saturated heterocycles. The molecule has 0 amide bonds. The standard InChI is InChI=1S/C10H18OS2/c1-3-5-7-9(12)11-10(13)8-6-4-2/h3-8H2,1-2H3. The Hall–Kier alpha value is -0.0200. The Morgan fingerprint density at radius 2 is 1.31 bits per heavy atom. The van der Waals surface area contributed by atoms with Gasteiger partial charge in [0.25, 0.3) is 0 Å². The normalized spacial score (nSPS) is 9.69. The average molecular weight is 218 g/mol. The van der Waals surface area contributed by atoms with E-state index in [1.165, 1.54) is 0 Å². The molecule has 0 unspecified atom stereocenters. The van der Waals surface area contributed by atoms with E-state index < -0.39 is 0 Å². The van der Waals surface area contributed by atoms with Crippen molar-refractivity contribution < 1.29 is 4.74 Å². The van der Waals surface area contributed by atoms with Gasteiger partial charge in [-0.25, -0.2) is 0 Å². The van der Waals surface area contributed by atoms with Gasteiger partial charge in [0, 0.05) is 12.8 Å². The maximum Gasteiger partial charge on any atom is 0.168 e. The first-order chi connectivity index (χ1) is 6.20. The summed E-state index contributed by atoms with van der Waals surface area (Å²) in [5, 5.41) is 1.31. The largest absolute Gasteiger partial charge is 0.443 e. The van der Waals surface area contributed by atoms with Gasteiger partial charge in [-0.05, 0) is 37.3 Å². The number of rotatable bonds is 6. The monoisotopic (exact) mass is 218 g/mol. The van der Waals surface area contributed by atoms with Crippen LogP contribution in [0.1, 0.15) is 52.4 Å². The summed E-state index contributed by atoms with van der Waals surface area (Å²) in [5.74, 6) is 0. The van der Waals surface area contributed by atoms with Crippen molar-refractivity contribution in [2.45, 2.75) is 52.4 Å². The molecule has 76 valence electrons. The maximum atomic E-state index is 5.32. The van der Waals surface area contributed by atoms with E-state index in [2.05, 4.69) is 13.8 Å². The number of thiocarbonyl (C=S) groups is 2. The second-order valence-electron chi connectivity index (χ2n) is 3.05. The topological polar surface area (TPSA) is 9.23 Å². The Morgan fingerprint density at radius 1 is 0.923 bits per heavy atom. The molecule has 3 heteroatoms. The molecule has 0 saturated carbocycles. The highest BCUT2D eigenvalue weighted by Gasteiger charge is 2.01. The zero-order valence-corrected chi connectivity index (χ0v) is 10.1. The molecule has 0 aromatic rings. The average Bonchev–Trinajstić information content (AvgIpc) is 2.11. The molecular formula is C10H18OS2. The molecule has 0 bridgehead atoms. The molecule has 0 N–H and O–H groups in total. The highest BCUT2D eigenvalue weighted by Crippen LogP contribution is 2.04. The van der Waals surface area contributed by atoms with E-state index in [4.69, 9.17) is 29.2 Å². The second kappa shape index (κ2) is 8.57. The minimum atomic E-state index is 0.656. The molecule has 1 nitrogen and oxygen atoms in total. The van der Waals surface area contributed by atoms with E-state index in [-0.39, 0.29) is 0 Å². The van der Waals surface area contributed by atoms with Crippen molar-refractivity contribution in [2.24, 2.45) is 0 Å². The lowest BCUT2D eigenvalue weighted by atomic mass is 10.2. The maximum absolute atomic E-state index is 5.32. The van der Waals surface area contributed by atoms with Crippen LogP contribution in [0.3, 0.4) is 0 Å². The van der Waals surface area contributed by atoms with Crippen molar-refractivity contribution in [3.05, 3.63) is 0 Å². The second-order valence-corrected chi connectivity index (χ2v) is 3.96. The summed E-state index contributed by atoms with van der Waals surface area (Å²) in [6.07, 6.45) is 6.19. The lowest BCUT2D eigenvalue weighted by Crippen LogP contribution is -2.08. The van der Waals surface area contributed by atoms with Crippen LogP contribution < -0.4 is 0 Å². The summed E-state index contributed by atoms with van der Waals surface area (Å²) < 4.78 is 5.32. The first-order valence-electron chi connectivity index (χ1n) is 4.94. The first kappa shape index (κ1) is 13.0. The third-order valence-electron chi connectivity index (χ3n) is 1.70. The molecule has 0 aromatic heterocycles. The van der Waals surface area contributed by atoms with Crippen molar-refractivity contribution in [3.63, 3.8) is 0 Å². The van der Waals surface area contributed by atoms with Gasteiger partial charge in [0.2, 0.25) is 0 Å². The fourth-order valence-corrected chi connectivity index (χ4v) is 1.41. The Bertz CT molecular complexity index is 148. The molecule has 0 atom stereocenters. The molecular weight excluding hydrogens is 200 g/mol. The zero-order valence-electron chi connectivity index (χ0n) is 8.47. The van der Waals surface area contributed by atoms with Crippen LogP contribution in [-0.2, 0) is 4.74 Å². The Labute approximate surface area is 91.9 Å². The third kappa shape index (κ3) is 8.31. The van der Waals surface area contributed by atoms with Crippen LogP contribution in [0.4, 0.5) is 0 Å². The lowest BCUT2D eigenvalue weighted by molar-refractivity contribution is 0.527. The van der Waals surface area contributed by atoms with Crippen molar-refractivity contribution in [2.75, 3.05) is 0 Å². The van der Waals surface area contributed by atoms with Crippen LogP contribution in [-0.4, -0.2) is 10.1 Å². The van der Waals surface area contributed by atoms with Crippen molar-refractivity contribution in [3.8, 4) is 0 Å². The van der Waals surface area contributed by atoms with E-state index in [1.807, 2.05) is 0 Å². The summed E-state index contributed by atoms with van der Waals surface area (Å²) in [7, 11) is 0. The van der Waals surface area contributed by atoms with Crippen LogP contribution in [0.15, 0.2) is 0 Å². The van der Waals surface area contributed by atoms with E-state index in [9.17, 15) is 0 Å². The van der Waals surface area contributed by atoms with Crippen molar-refractivity contribution in [1.29, 1.82) is 0 Å². The van der Waals surface area contributed by atoms with Gasteiger partial charge in [0.15, 0.2) is 10.1 Å². The predicted molar refractivity (Wildman–Crippen MR) is 65.3 cm³/mol. The Balaban J connectivity index is 3.47. The fourth-order valence-electron chi connectivity index (χ4n) is 0.871. The van der Waals surface area contributed by atoms with Gasteiger partial charge < -0.3 is 4.74 Å². The number of hydrogen-bond acceptors (Lipinski definition) is 3.